The number of Topliss-reactive ketones (excluding diaryl/α,β-unsaturated/α-hetero) is 1. The van der Waals surface area contributed by atoms with Gasteiger partial charge in [-0.2, -0.15) is 0 Å². The number of carbonyl (C=O) groups excluding carboxylic acids is 1. The maximum atomic E-state index is 11.6. The molecule has 0 atom stereocenters. The number of aromatic carboxylic acids is 1. The van der Waals surface area contributed by atoms with Crippen molar-refractivity contribution in [3.63, 3.8) is 0 Å². The predicted molar refractivity (Wildman–Crippen MR) is 68.6 cm³/mol. The number of nitrogens with zero attached hydrogens (tertiary/aromatic N) is 2. The fraction of sp³-hybridized carbons (Fsp3) is 0.538. The summed E-state index contributed by atoms with van der Waals surface area (Å²) in [5.41, 5.74) is 0.505. The molecule has 0 saturated carbocycles. The normalized spacial score (nSPS) is 16.3. The second kappa shape index (κ2) is 5.44. The molecular weight excluding hydrogens is 246 g/mol. The number of piperidine rings is 1. The van der Waals surface area contributed by atoms with Gasteiger partial charge in [0.15, 0.2) is 5.78 Å². The molecule has 0 radical (unpaired) electrons. The Labute approximate surface area is 111 Å². The summed E-state index contributed by atoms with van der Waals surface area (Å²) in [7, 11) is 0. The Morgan fingerprint density at radius 1 is 1.26 bits per heavy atom. The van der Waals surface area contributed by atoms with Crippen LogP contribution in [0.15, 0.2) is 0 Å². The highest BCUT2D eigenvalue weighted by Gasteiger charge is 2.28. The van der Waals surface area contributed by atoms with Crippen LogP contribution in [0.1, 0.15) is 58.0 Å². The minimum absolute atomic E-state index is 0.0218. The van der Waals surface area contributed by atoms with Crippen molar-refractivity contribution in [3.8, 4) is 0 Å². The number of aryl methyl sites for hydroxylation is 1. The molecule has 1 aliphatic rings. The van der Waals surface area contributed by atoms with Crippen LogP contribution in [-0.4, -0.2) is 39.9 Å². The van der Waals surface area contributed by atoms with E-state index in [2.05, 4.69) is 15.3 Å². The molecule has 0 aliphatic carbocycles. The molecule has 6 heteroatoms. The molecule has 19 heavy (non-hydrogen) atoms. The minimum atomic E-state index is -1.13. The molecule has 1 aromatic rings. The third-order valence-corrected chi connectivity index (χ3v) is 3.32. The van der Waals surface area contributed by atoms with Gasteiger partial charge in [0.1, 0.15) is 17.1 Å². The molecule has 1 saturated heterocycles. The Balaban J connectivity index is 2.57. The predicted octanol–water partition coefficient (Wildman–Crippen LogP) is 1.15. The van der Waals surface area contributed by atoms with Crippen molar-refractivity contribution in [2.24, 2.45) is 0 Å². The van der Waals surface area contributed by atoms with Gasteiger partial charge in [-0.1, -0.05) is 0 Å². The van der Waals surface area contributed by atoms with Crippen LogP contribution in [0.5, 0.6) is 0 Å². The van der Waals surface area contributed by atoms with Crippen LogP contribution in [0.25, 0.3) is 0 Å². The molecular formula is C13H17N3O3. The highest BCUT2D eigenvalue weighted by molar-refractivity contribution is 6.04. The third-order valence-electron chi connectivity index (χ3n) is 3.32. The van der Waals surface area contributed by atoms with E-state index >= 15 is 0 Å². The molecule has 0 aromatic carbocycles. The Morgan fingerprint density at radius 3 is 2.42 bits per heavy atom. The largest absolute Gasteiger partial charge is 0.478 e. The smallest absolute Gasteiger partial charge is 0.339 e. The average Bonchev–Trinajstić information content (AvgIpc) is 2.38. The van der Waals surface area contributed by atoms with Crippen LogP contribution >= 0.6 is 0 Å². The summed E-state index contributed by atoms with van der Waals surface area (Å²) in [5.74, 6) is -0.937. The monoisotopic (exact) mass is 263 g/mol. The van der Waals surface area contributed by atoms with Crippen LogP contribution in [-0.2, 0) is 0 Å². The van der Waals surface area contributed by atoms with Crippen molar-refractivity contribution in [1.29, 1.82) is 0 Å². The SMILES string of the molecule is CC(=O)c1nc(C)nc(C2CCNCC2)c1C(=O)O. The van der Waals surface area contributed by atoms with Crippen LogP contribution in [0.4, 0.5) is 0 Å². The number of ketones is 1. The molecule has 1 aliphatic heterocycles. The summed E-state index contributed by atoms with van der Waals surface area (Å²) >= 11 is 0. The molecule has 102 valence electrons. The van der Waals surface area contributed by atoms with Crippen LogP contribution in [0, 0.1) is 6.92 Å². The summed E-state index contributed by atoms with van der Waals surface area (Å²) in [6.45, 7) is 4.69. The van der Waals surface area contributed by atoms with Crippen molar-refractivity contribution in [2.75, 3.05) is 13.1 Å². The summed E-state index contributed by atoms with van der Waals surface area (Å²) in [4.78, 5) is 31.3. The van der Waals surface area contributed by atoms with E-state index in [1.165, 1.54) is 6.92 Å². The first kappa shape index (κ1) is 13.6. The van der Waals surface area contributed by atoms with E-state index in [1.54, 1.807) is 6.92 Å². The number of carboxylic acid groups (broad SMARTS) is 1. The van der Waals surface area contributed by atoms with Gasteiger partial charge < -0.3 is 10.4 Å². The summed E-state index contributed by atoms with van der Waals surface area (Å²) in [6, 6.07) is 0. The second-order valence-corrected chi connectivity index (χ2v) is 4.77. The number of nitrogens with one attached hydrogen (secondary N) is 1. The van der Waals surface area contributed by atoms with Gasteiger partial charge in [-0.15, -0.1) is 0 Å². The number of hydrogen-bond donors (Lipinski definition) is 2. The van der Waals surface area contributed by atoms with E-state index in [9.17, 15) is 14.7 Å². The first-order valence-corrected chi connectivity index (χ1v) is 6.34. The quantitative estimate of drug-likeness (QED) is 0.795. The second-order valence-electron chi connectivity index (χ2n) is 4.77. The van der Waals surface area contributed by atoms with E-state index in [4.69, 9.17) is 0 Å². The van der Waals surface area contributed by atoms with Crippen LogP contribution in [0.2, 0.25) is 0 Å². The summed E-state index contributed by atoms with van der Waals surface area (Å²) in [6.07, 6.45) is 1.65. The molecule has 6 nitrogen and oxygen atoms in total. The van der Waals surface area contributed by atoms with E-state index in [0.717, 1.165) is 25.9 Å². The summed E-state index contributed by atoms with van der Waals surface area (Å²) in [5, 5.41) is 12.6. The molecule has 2 rings (SSSR count). The number of aromatic nitrogens is 2. The lowest BCUT2D eigenvalue weighted by molar-refractivity contribution is 0.0688. The maximum Gasteiger partial charge on any atom is 0.339 e. The van der Waals surface area contributed by atoms with Gasteiger partial charge in [-0.3, -0.25) is 4.79 Å². The highest BCUT2D eigenvalue weighted by Crippen LogP contribution is 2.28. The van der Waals surface area contributed by atoms with Crippen molar-refractivity contribution in [3.05, 3.63) is 22.8 Å². The number of rotatable bonds is 3. The number of hydrogen-bond acceptors (Lipinski definition) is 5. The van der Waals surface area contributed by atoms with Crippen LogP contribution in [0.3, 0.4) is 0 Å². The van der Waals surface area contributed by atoms with Crippen molar-refractivity contribution < 1.29 is 14.7 Å². The zero-order chi connectivity index (χ0) is 14.0. The Morgan fingerprint density at radius 2 is 1.89 bits per heavy atom. The van der Waals surface area contributed by atoms with E-state index in [1.807, 2.05) is 0 Å². The molecule has 0 amide bonds. The minimum Gasteiger partial charge on any atom is -0.478 e. The molecule has 1 fully saturated rings. The first-order valence-electron chi connectivity index (χ1n) is 6.34. The lowest BCUT2D eigenvalue weighted by Gasteiger charge is -2.24. The molecule has 0 bridgehead atoms. The van der Waals surface area contributed by atoms with E-state index < -0.39 is 5.97 Å². The molecule has 1 aromatic heterocycles. The molecule has 2 N–H and O–H groups in total. The number of carboxylic acids is 1. The van der Waals surface area contributed by atoms with Gasteiger partial charge in [-0.25, -0.2) is 14.8 Å². The molecule has 2 heterocycles. The molecule has 0 unspecified atom stereocenters. The van der Waals surface area contributed by atoms with E-state index in [-0.39, 0.29) is 23.0 Å². The standard InChI is InChI=1S/C13H17N3O3/c1-7(17)11-10(13(18)19)12(16-8(2)15-11)9-3-5-14-6-4-9/h9,14H,3-6H2,1-2H3,(H,18,19). The van der Waals surface area contributed by atoms with Gasteiger partial charge in [0, 0.05) is 12.8 Å². The third kappa shape index (κ3) is 2.78. The Kier molecular flexibility index (Phi) is 3.90. The zero-order valence-electron chi connectivity index (χ0n) is 11.1. The topological polar surface area (TPSA) is 92.2 Å². The van der Waals surface area contributed by atoms with E-state index in [0.29, 0.717) is 11.5 Å². The Bertz CT molecular complexity index is 522. The Hall–Kier alpha value is -1.82. The van der Waals surface area contributed by atoms with Crippen molar-refractivity contribution in [2.45, 2.75) is 32.6 Å². The van der Waals surface area contributed by atoms with Gasteiger partial charge in [0.2, 0.25) is 0 Å². The van der Waals surface area contributed by atoms with Gasteiger partial charge in [0.05, 0.1) is 5.69 Å². The van der Waals surface area contributed by atoms with Crippen LogP contribution < -0.4 is 5.32 Å². The number of carbonyl (C=O) groups is 2. The average molecular weight is 263 g/mol. The lowest BCUT2D eigenvalue weighted by Crippen LogP contribution is -2.29. The fourth-order valence-electron chi connectivity index (χ4n) is 2.45. The fourth-order valence-corrected chi connectivity index (χ4v) is 2.45. The highest BCUT2D eigenvalue weighted by atomic mass is 16.4. The van der Waals surface area contributed by atoms with Gasteiger partial charge in [0.25, 0.3) is 0 Å². The van der Waals surface area contributed by atoms with Gasteiger partial charge >= 0.3 is 5.97 Å². The van der Waals surface area contributed by atoms with Crippen molar-refractivity contribution in [1.82, 2.24) is 15.3 Å². The zero-order valence-corrected chi connectivity index (χ0v) is 11.1. The van der Waals surface area contributed by atoms with Crippen molar-refractivity contribution >= 4 is 11.8 Å². The van der Waals surface area contributed by atoms with Gasteiger partial charge in [-0.05, 0) is 32.9 Å². The lowest BCUT2D eigenvalue weighted by atomic mass is 9.90. The maximum absolute atomic E-state index is 11.6. The molecule has 0 spiro atoms. The summed E-state index contributed by atoms with van der Waals surface area (Å²) < 4.78 is 0. The first-order chi connectivity index (χ1) is 9.00.